The zero-order valence-corrected chi connectivity index (χ0v) is 13.5. The number of hydrogen-bond acceptors (Lipinski definition) is 2. The molecule has 0 radical (unpaired) electrons. The van der Waals surface area contributed by atoms with Crippen LogP contribution in [0.5, 0.6) is 0 Å². The minimum Gasteiger partial charge on any atom is -0.356 e. The van der Waals surface area contributed by atoms with Gasteiger partial charge in [0, 0.05) is 37.6 Å². The van der Waals surface area contributed by atoms with Crippen molar-refractivity contribution in [2.45, 2.75) is 12.8 Å². The topological polar surface area (TPSA) is 49.3 Å². The fourth-order valence-corrected chi connectivity index (χ4v) is 2.32. The number of benzene rings is 1. The van der Waals surface area contributed by atoms with Crippen LogP contribution in [-0.4, -0.2) is 31.1 Å². The Hall–Kier alpha value is -2.07. The Labute approximate surface area is 136 Å². The second-order valence-corrected chi connectivity index (χ2v) is 5.35. The lowest BCUT2D eigenvalue weighted by molar-refractivity contribution is 0.783. The number of halogens is 1. The van der Waals surface area contributed by atoms with Gasteiger partial charge in [0.05, 0.1) is 0 Å². The normalized spacial score (nSPS) is 11.3. The number of rotatable bonds is 6. The monoisotopic (exact) mass is 316 g/mol. The predicted molar refractivity (Wildman–Crippen MR) is 92.5 cm³/mol. The van der Waals surface area contributed by atoms with E-state index in [9.17, 15) is 0 Å². The first-order valence-electron chi connectivity index (χ1n) is 7.36. The summed E-state index contributed by atoms with van der Waals surface area (Å²) >= 11 is 5.98. The van der Waals surface area contributed by atoms with Crippen LogP contribution >= 0.6 is 11.6 Å². The third-order valence-corrected chi connectivity index (χ3v) is 3.48. The zero-order valence-electron chi connectivity index (χ0n) is 12.7. The van der Waals surface area contributed by atoms with Gasteiger partial charge in [0.25, 0.3) is 0 Å². The molecule has 5 heteroatoms. The minimum absolute atomic E-state index is 0.775. The number of aromatic nitrogens is 1. The van der Waals surface area contributed by atoms with Crippen LogP contribution < -0.4 is 10.6 Å². The SMILES string of the molecule is CN=C(NCCc1cccnc1)NCCc1cccc(Cl)c1. The number of nitrogens with one attached hydrogen (secondary N) is 2. The summed E-state index contributed by atoms with van der Waals surface area (Å²) in [5.74, 6) is 0.811. The van der Waals surface area contributed by atoms with Crippen molar-refractivity contribution in [3.8, 4) is 0 Å². The molecule has 2 rings (SSSR count). The van der Waals surface area contributed by atoms with Crippen molar-refractivity contribution in [1.29, 1.82) is 0 Å². The smallest absolute Gasteiger partial charge is 0.190 e. The molecule has 0 saturated heterocycles. The van der Waals surface area contributed by atoms with Crippen LogP contribution in [-0.2, 0) is 12.8 Å². The van der Waals surface area contributed by atoms with E-state index in [-0.39, 0.29) is 0 Å². The van der Waals surface area contributed by atoms with Gasteiger partial charge in [-0.3, -0.25) is 9.98 Å². The molecular formula is C17H21ClN4. The maximum absolute atomic E-state index is 5.98. The molecule has 0 bridgehead atoms. The highest BCUT2D eigenvalue weighted by Gasteiger charge is 1.99. The van der Waals surface area contributed by atoms with Gasteiger partial charge >= 0.3 is 0 Å². The first-order chi connectivity index (χ1) is 10.8. The van der Waals surface area contributed by atoms with Crippen LogP contribution in [0, 0.1) is 0 Å². The van der Waals surface area contributed by atoms with E-state index in [1.54, 1.807) is 13.2 Å². The summed E-state index contributed by atoms with van der Waals surface area (Å²) in [4.78, 5) is 8.33. The fourth-order valence-electron chi connectivity index (χ4n) is 2.11. The molecule has 0 aliphatic carbocycles. The number of aliphatic imine (C=N–C) groups is 1. The van der Waals surface area contributed by atoms with Crippen molar-refractivity contribution >= 4 is 17.6 Å². The Balaban J connectivity index is 1.69. The van der Waals surface area contributed by atoms with Gasteiger partial charge in [0.2, 0.25) is 0 Å². The molecule has 1 aromatic carbocycles. The summed E-state index contributed by atoms with van der Waals surface area (Å²) in [5, 5.41) is 7.38. The lowest BCUT2D eigenvalue weighted by atomic mass is 10.1. The highest BCUT2D eigenvalue weighted by molar-refractivity contribution is 6.30. The molecule has 4 nitrogen and oxygen atoms in total. The average molecular weight is 317 g/mol. The van der Waals surface area contributed by atoms with Crippen LogP contribution in [0.25, 0.3) is 0 Å². The predicted octanol–water partition coefficient (Wildman–Crippen LogP) is 2.69. The van der Waals surface area contributed by atoms with Gasteiger partial charge in [-0.15, -0.1) is 0 Å². The summed E-state index contributed by atoms with van der Waals surface area (Å²) < 4.78 is 0. The molecule has 1 heterocycles. The Bertz CT molecular complexity index is 599. The van der Waals surface area contributed by atoms with Crippen LogP contribution in [0.3, 0.4) is 0 Å². The van der Waals surface area contributed by atoms with Crippen molar-refractivity contribution in [3.05, 3.63) is 64.9 Å². The van der Waals surface area contributed by atoms with Gasteiger partial charge in [0.15, 0.2) is 5.96 Å². The first-order valence-corrected chi connectivity index (χ1v) is 7.73. The van der Waals surface area contributed by atoms with Crippen molar-refractivity contribution in [2.24, 2.45) is 4.99 Å². The number of pyridine rings is 1. The second kappa shape index (κ2) is 9.05. The maximum Gasteiger partial charge on any atom is 0.190 e. The highest BCUT2D eigenvalue weighted by Crippen LogP contribution is 2.10. The van der Waals surface area contributed by atoms with E-state index in [0.29, 0.717) is 0 Å². The Morgan fingerprint density at radius 2 is 1.82 bits per heavy atom. The van der Waals surface area contributed by atoms with E-state index in [2.05, 4.69) is 32.7 Å². The van der Waals surface area contributed by atoms with Crippen LogP contribution in [0.4, 0.5) is 0 Å². The first kappa shape index (κ1) is 16.3. The lowest BCUT2D eigenvalue weighted by Crippen LogP contribution is -2.39. The third kappa shape index (κ3) is 5.74. The zero-order chi connectivity index (χ0) is 15.6. The number of hydrogen-bond donors (Lipinski definition) is 2. The molecule has 0 amide bonds. The van der Waals surface area contributed by atoms with Gasteiger partial charge < -0.3 is 10.6 Å². The van der Waals surface area contributed by atoms with E-state index < -0.39 is 0 Å². The Kier molecular flexibility index (Phi) is 6.71. The van der Waals surface area contributed by atoms with E-state index in [1.807, 2.05) is 30.5 Å². The molecular weight excluding hydrogens is 296 g/mol. The fraction of sp³-hybridized carbons (Fsp3) is 0.294. The van der Waals surface area contributed by atoms with Crippen molar-refractivity contribution in [3.63, 3.8) is 0 Å². The molecule has 2 N–H and O–H groups in total. The van der Waals surface area contributed by atoms with E-state index in [4.69, 9.17) is 11.6 Å². The molecule has 2 aromatic rings. The quantitative estimate of drug-likeness (QED) is 0.636. The van der Waals surface area contributed by atoms with E-state index in [1.165, 1.54) is 11.1 Å². The minimum atomic E-state index is 0.775. The van der Waals surface area contributed by atoms with E-state index in [0.717, 1.165) is 36.9 Å². The summed E-state index contributed by atoms with van der Waals surface area (Å²) in [6.45, 7) is 1.63. The summed E-state index contributed by atoms with van der Waals surface area (Å²) in [7, 11) is 1.78. The standard InChI is InChI=1S/C17H21ClN4/c1-19-17(22-11-8-15-5-3-9-20-13-15)21-10-7-14-4-2-6-16(18)12-14/h2-6,9,12-13H,7-8,10-11H2,1H3,(H2,19,21,22). The van der Waals surface area contributed by atoms with Crippen LogP contribution in [0.1, 0.15) is 11.1 Å². The van der Waals surface area contributed by atoms with Gasteiger partial charge in [-0.25, -0.2) is 0 Å². The van der Waals surface area contributed by atoms with Gasteiger partial charge in [-0.05, 0) is 42.2 Å². The van der Waals surface area contributed by atoms with E-state index >= 15 is 0 Å². The molecule has 0 saturated carbocycles. The van der Waals surface area contributed by atoms with Crippen LogP contribution in [0.15, 0.2) is 53.8 Å². The van der Waals surface area contributed by atoms with Gasteiger partial charge in [0.1, 0.15) is 0 Å². The number of guanidine groups is 1. The molecule has 0 spiro atoms. The molecule has 0 atom stereocenters. The Morgan fingerprint density at radius 1 is 1.09 bits per heavy atom. The van der Waals surface area contributed by atoms with Crippen molar-refractivity contribution in [2.75, 3.05) is 20.1 Å². The third-order valence-electron chi connectivity index (χ3n) is 3.25. The summed E-state index contributed by atoms with van der Waals surface area (Å²) in [5.41, 5.74) is 2.43. The molecule has 116 valence electrons. The highest BCUT2D eigenvalue weighted by atomic mass is 35.5. The molecule has 1 aromatic heterocycles. The molecule has 0 aliphatic rings. The molecule has 0 aliphatic heterocycles. The number of nitrogens with zero attached hydrogens (tertiary/aromatic N) is 2. The largest absolute Gasteiger partial charge is 0.356 e. The van der Waals surface area contributed by atoms with Crippen LogP contribution in [0.2, 0.25) is 5.02 Å². The van der Waals surface area contributed by atoms with Crippen molar-refractivity contribution < 1.29 is 0 Å². The van der Waals surface area contributed by atoms with Crippen molar-refractivity contribution in [1.82, 2.24) is 15.6 Å². The maximum atomic E-state index is 5.98. The molecule has 22 heavy (non-hydrogen) atoms. The lowest BCUT2D eigenvalue weighted by Gasteiger charge is -2.12. The Morgan fingerprint density at radius 3 is 2.45 bits per heavy atom. The van der Waals surface area contributed by atoms with Gasteiger partial charge in [-0.2, -0.15) is 0 Å². The molecule has 0 fully saturated rings. The summed E-state index contributed by atoms with van der Waals surface area (Å²) in [6.07, 6.45) is 5.50. The second-order valence-electron chi connectivity index (χ2n) is 4.92. The average Bonchev–Trinajstić information content (AvgIpc) is 2.54. The summed E-state index contributed by atoms with van der Waals surface area (Å²) in [6, 6.07) is 11.9. The molecule has 0 unspecified atom stereocenters. The van der Waals surface area contributed by atoms with Gasteiger partial charge in [-0.1, -0.05) is 29.8 Å².